The summed E-state index contributed by atoms with van der Waals surface area (Å²) >= 11 is 0. The van der Waals surface area contributed by atoms with Crippen LogP contribution in [-0.4, -0.2) is 18.3 Å². The maximum atomic E-state index is 9.29. The Hall–Kier alpha value is -0.860. The molecule has 0 amide bonds. The summed E-state index contributed by atoms with van der Waals surface area (Å²) in [7, 11) is 0. The second kappa shape index (κ2) is 5.29. The Kier molecular flexibility index (Phi) is 4.30. The first-order valence-corrected chi connectivity index (χ1v) is 5.50. The molecule has 2 heteroatoms. The van der Waals surface area contributed by atoms with Crippen LogP contribution in [0.4, 0.5) is 0 Å². The number of hydrogen-bond acceptors (Lipinski definition) is 2. The Balaban J connectivity index is 2.82. The lowest BCUT2D eigenvalue weighted by Gasteiger charge is -2.22. The number of hydrogen-bond donors (Lipinski definition) is 2. The van der Waals surface area contributed by atoms with Gasteiger partial charge < -0.3 is 10.8 Å². The SMILES string of the molecule is CC(C)(CO)c1cccc(CCCN)c1. The van der Waals surface area contributed by atoms with Gasteiger partial charge in [-0.15, -0.1) is 0 Å². The fraction of sp³-hybridized carbons (Fsp3) is 0.538. The fourth-order valence-corrected chi connectivity index (χ4v) is 1.55. The summed E-state index contributed by atoms with van der Waals surface area (Å²) < 4.78 is 0. The Morgan fingerprint density at radius 2 is 2.07 bits per heavy atom. The van der Waals surface area contributed by atoms with E-state index in [1.54, 1.807) is 0 Å². The van der Waals surface area contributed by atoms with Gasteiger partial charge in [0.25, 0.3) is 0 Å². The number of aliphatic hydroxyl groups excluding tert-OH is 1. The normalized spacial score (nSPS) is 11.7. The minimum atomic E-state index is -0.154. The summed E-state index contributed by atoms with van der Waals surface area (Å²) in [5.74, 6) is 0. The molecule has 0 aliphatic rings. The maximum absolute atomic E-state index is 9.29. The largest absolute Gasteiger partial charge is 0.395 e. The van der Waals surface area contributed by atoms with Gasteiger partial charge in [-0.2, -0.15) is 0 Å². The highest BCUT2D eigenvalue weighted by Crippen LogP contribution is 2.23. The van der Waals surface area contributed by atoms with Crippen LogP contribution in [0.3, 0.4) is 0 Å². The van der Waals surface area contributed by atoms with Crippen LogP contribution < -0.4 is 5.73 Å². The molecule has 84 valence electrons. The third-order valence-corrected chi connectivity index (χ3v) is 2.77. The predicted octanol–water partition coefficient (Wildman–Crippen LogP) is 1.85. The second-order valence-corrected chi connectivity index (χ2v) is 4.63. The zero-order valence-corrected chi connectivity index (χ0v) is 9.66. The molecule has 0 heterocycles. The van der Waals surface area contributed by atoms with Crippen molar-refractivity contribution < 1.29 is 5.11 Å². The highest BCUT2D eigenvalue weighted by molar-refractivity contribution is 5.29. The van der Waals surface area contributed by atoms with E-state index in [0.29, 0.717) is 0 Å². The molecule has 0 saturated carbocycles. The average Bonchev–Trinajstić information content (AvgIpc) is 2.27. The summed E-state index contributed by atoms with van der Waals surface area (Å²) in [5, 5.41) is 9.29. The summed E-state index contributed by atoms with van der Waals surface area (Å²) in [4.78, 5) is 0. The Morgan fingerprint density at radius 3 is 2.67 bits per heavy atom. The zero-order chi connectivity index (χ0) is 11.3. The van der Waals surface area contributed by atoms with Gasteiger partial charge in [0.05, 0.1) is 6.61 Å². The van der Waals surface area contributed by atoms with Gasteiger partial charge in [0.1, 0.15) is 0 Å². The lowest BCUT2D eigenvalue weighted by atomic mass is 9.84. The van der Waals surface area contributed by atoms with Gasteiger partial charge in [-0.05, 0) is 30.5 Å². The van der Waals surface area contributed by atoms with Gasteiger partial charge in [-0.3, -0.25) is 0 Å². The van der Waals surface area contributed by atoms with Crippen LogP contribution >= 0.6 is 0 Å². The molecule has 1 aromatic carbocycles. The highest BCUT2D eigenvalue weighted by atomic mass is 16.3. The molecule has 0 unspecified atom stereocenters. The van der Waals surface area contributed by atoms with E-state index in [9.17, 15) is 5.11 Å². The van der Waals surface area contributed by atoms with Crippen molar-refractivity contribution in [3.63, 3.8) is 0 Å². The first-order chi connectivity index (χ1) is 7.10. The van der Waals surface area contributed by atoms with Crippen molar-refractivity contribution in [1.82, 2.24) is 0 Å². The molecule has 0 aliphatic heterocycles. The Bertz CT molecular complexity index is 307. The molecule has 1 aromatic rings. The molecule has 0 aromatic heterocycles. The molecular weight excluding hydrogens is 186 g/mol. The number of aryl methyl sites for hydroxylation is 1. The Morgan fingerprint density at radius 1 is 1.33 bits per heavy atom. The number of rotatable bonds is 5. The molecule has 0 bridgehead atoms. The molecule has 0 atom stereocenters. The molecule has 1 rings (SSSR count). The third-order valence-electron chi connectivity index (χ3n) is 2.77. The van der Waals surface area contributed by atoms with Crippen LogP contribution in [0.15, 0.2) is 24.3 Å². The van der Waals surface area contributed by atoms with Crippen molar-refractivity contribution in [2.75, 3.05) is 13.2 Å². The van der Waals surface area contributed by atoms with E-state index in [-0.39, 0.29) is 12.0 Å². The zero-order valence-electron chi connectivity index (χ0n) is 9.66. The van der Waals surface area contributed by atoms with Gasteiger partial charge in [0, 0.05) is 5.41 Å². The van der Waals surface area contributed by atoms with Crippen molar-refractivity contribution in [2.24, 2.45) is 5.73 Å². The molecule has 0 aliphatic carbocycles. The van der Waals surface area contributed by atoms with Crippen LogP contribution in [0.2, 0.25) is 0 Å². The fourth-order valence-electron chi connectivity index (χ4n) is 1.55. The van der Waals surface area contributed by atoms with E-state index in [1.165, 1.54) is 11.1 Å². The van der Waals surface area contributed by atoms with Crippen molar-refractivity contribution in [2.45, 2.75) is 32.1 Å². The van der Waals surface area contributed by atoms with Gasteiger partial charge in [-0.25, -0.2) is 0 Å². The predicted molar refractivity (Wildman–Crippen MR) is 63.9 cm³/mol. The standard InChI is InChI=1S/C13H21NO/c1-13(2,10-15)12-7-3-5-11(9-12)6-4-8-14/h3,5,7,9,15H,4,6,8,10,14H2,1-2H3. The van der Waals surface area contributed by atoms with Crippen LogP contribution in [0.5, 0.6) is 0 Å². The van der Waals surface area contributed by atoms with Crippen LogP contribution in [-0.2, 0) is 11.8 Å². The summed E-state index contributed by atoms with van der Waals surface area (Å²) in [6.45, 7) is 5.01. The smallest absolute Gasteiger partial charge is 0.0522 e. The maximum Gasteiger partial charge on any atom is 0.0522 e. The first kappa shape index (κ1) is 12.2. The van der Waals surface area contributed by atoms with E-state index < -0.39 is 0 Å². The van der Waals surface area contributed by atoms with E-state index in [0.717, 1.165) is 19.4 Å². The van der Waals surface area contributed by atoms with Crippen molar-refractivity contribution in [1.29, 1.82) is 0 Å². The summed E-state index contributed by atoms with van der Waals surface area (Å²) in [6.07, 6.45) is 2.04. The number of benzene rings is 1. The monoisotopic (exact) mass is 207 g/mol. The minimum absolute atomic E-state index is 0.154. The Labute approximate surface area is 92.1 Å². The lowest BCUT2D eigenvalue weighted by Crippen LogP contribution is -2.22. The van der Waals surface area contributed by atoms with Gasteiger partial charge >= 0.3 is 0 Å². The highest BCUT2D eigenvalue weighted by Gasteiger charge is 2.19. The number of aliphatic hydroxyl groups is 1. The van der Waals surface area contributed by atoms with E-state index >= 15 is 0 Å². The molecule has 15 heavy (non-hydrogen) atoms. The van der Waals surface area contributed by atoms with Crippen LogP contribution in [0.25, 0.3) is 0 Å². The van der Waals surface area contributed by atoms with Crippen molar-refractivity contribution >= 4 is 0 Å². The number of nitrogens with two attached hydrogens (primary N) is 1. The van der Waals surface area contributed by atoms with Crippen LogP contribution in [0.1, 0.15) is 31.4 Å². The molecule has 0 saturated heterocycles. The minimum Gasteiger partial charge on any atom is -0.395 e. The third kappa shape index (κ3) is 3.33. The molecule has 2 nitrogen and oxygen atoms in total. The summed E-state index contributed by atoms with van der Waals surface area (Å²) in [5.41, 5.74) is 7.83. The lowest BCUT2D eigenvalue weighted by molar-refractivity contribution is 0.218. The van der Waals surface area contributed by atoms with E-state index in [2.05, 4.69) is 38.1 Å². The first-order valence-electron chi connectivity index (χ1n) is 5.50. The van der Waals surface area contributed by atoms with Crippen molar-refractivity contribution in [3.8, 4) is 0 Å². The van der Waals surface area contributed by atoms with Crippen molar-refractivity contribution in [3.05, 3.63) is 35.4 Å². The van der Waals surface area contributed by atoms with Gasteiger partial charge in [-0.1, -0.05) is 38.1 Å². The molecule has 0 spiro atoms. The average molecular weight is 207 g/mol. The molecular formula is C13H21NO. The van der Waals surface area contributed by atoms with E-state index in [1.807, 2.05) is 0 Å². The molecule has 0 fully saturated rings. The van der Waals surface area contributed by atoms with Crippen LogP contribution in [0, 0.1) is 0 Å². The second-order valence-electron chi connectivity index (χ2n) is 4.63. The molecule has 0 radical (unpaired) electrons. The van der Waals surface area contributed by atoms with Gasteiger partial charge in [0.2, 0.25) is 0 Å². The summed E-state index contributed by atoms with van der Waals surface area (Å²) in [6, 6.07) is 8.42. The van der Waals surface area contributed by atoms with Gasteiger partial charge in [0.15, 0.2) is 0 Å². The quantitative estimate of drug-likeness (QED) is 0.774. The van der Waals surface area contributed by atoms with E-state index in [4.69, 9.17) is 5.73 Å². The molecule has 3 N–H and O–H groups in total. The topological polar surface area (TPSA) is 46.2 Å².